The molecule has 9 heteroatoms. The molecule has 1 aliphatic heterocycles. The average molecular weight is 540 g/mol. The van der Waals surface area contributed by atoms with Crippen LogP contribution in [0.3, 0.4) is 0 Å². The highest BCUT2D eigenvalue weighted by molar-refractivity contribution is 7.21. The maximum absolute atomic E-state index is 13.5. The quantitative estimate of drug-likeness (QED) is 0.263. The second-order valence-corrected chi connectivity index (χ2v) is 9.82. The van der Waals surface area contributed by atoms with Gasteiger partial charge in [-0.25, -0.2) is 4.98 Å². The lowest BCUT2D eigenvalue weighted by atomic mass is 9.98. The summed E-state index contributed by atoms with van der Waals surface area (Å²) in [6.45, 7) is 0.953. The Kier molecular flexibility index (Phi) is 6.42. The van der Waals surface area contributed by atoms with Crippen LogP contribution in [0.5, 0.6) is 23.0 Å². The lowest BCUT2D eigenvalue weighted by Gasteiger charge is -2.18. The number of rotatable bonds is 6. The van der Waals surface area contributed by atoms with E-state index in [1.165, 1.54) is 11.3 Å². The van der Waals surface area contributed by atoms with Crippen molar-refractivity contribution in [2.24, 2.45) is 0 Å². The van der Waals surface area contributed by atoms with E-state index in [9.17, 15) is 4.79 Å². The van der Waals surface area contributed by atoms with Gasteiger partial charge in [-0.15, -0.1) is 11.3 Å². The zero-order valence-corrected chi connectivity index (χ0v) is 22.1. The van der Waals surface area contributed by atoms with Crippen LogP contribution in [0.2, 0.25) is 0 Å². The van der Waals surface area contributed by atoms with Crippen LogP contribution in [0.1, 0.15) is 9.67 Å². The maximum Gasteiger partial charge on any atom is 0.267 e. The fourth-order valence-electron chi connectivity index (χ4n) is 4.59. The molecule has 39 heavy (non-hydrogen) atoms. The first-order chi connectivity index (χ1) is 19.1. The molecule has 0 radical (unpaired) electrons. The average Bonchev–Trinajstić information content (AvgIpc) is 3.33. The van der Waals surface area contributed by atoms with Gasteiger partial charge in [0.15, 0.2) is 11.5 Å². The van der Waals surface area contributed by atoms with Crippen LogP contribution < -0.4 is 30.0 Å². The minimum Gasteiger partial charge on any atom is -0.497 e. The van der Waals surface area contributed by atoms with Crippen molar-refractivity contribution in [3.8, 4) is 45.4 Å². The minimum atomic E-state index is -0.336. The summed E-state index contributed by atoms with van der Waals surface area (Å²) in [5.41, 5.74) is 10.9. The largest absolute Gasteiger partial charge is 0.497 e. The normalized spacial score (nSPS) is 12.3. The van der Waals surface area contributed by atoms with Gasteiger partial charge in [-0.05, 0) is 36.4 Å². The lowest BCUT2D eigenvalue weighted by Crippen LogP contribution is -2.16. The molecule has 5 aromatic rings. The number of carbonyl (C=O) groups excluding carboxylic acids is 1. The smallest absolute Gasteiger partial charge is 0.267 e. The molecule has 1 aliphatic rings. The van der Waals surface area contributed by atoms with Gasteiger partial charge in [-0.2, -0.15) is 0 Å². The number of methoxy groups -OCH3 is 2. The number of amides is 1. The molecular weight excluding hydrogens is 514 g/mol. The van der Waals surface area contributed by atoms with Crippen molar-refractivity contribution in [2.75, 3.05) is 38.5 Å². The number of carbonyl (C=O) groups is 1. The van der Waals surface area contributed by atoms with Crippen molar-refractivity contribution in [1.82, 2.24) is 4.98 Å². The van der Waals surface area contributed by atoms with E-state index in [0.717, 1.165) is 22.4 Å². The molecule has 6 rings (SSSR count). The molecule has 0 bridgehead atoms. The molecule has 0 fully saturated rings. The lowest BCUT2D eigenvalue weighted by molar-refractivity contribution is 0.103. The van der Waals surface area contributed by atoms with Gasteiger partial charge in [-0.1, -0.05) is 30.3 Å². The summed E-state index contributed by atoms with van der Waals surface area (Å²) in [4.78, 5) is 19.4. The Morgan fingerprint density at radius 3 is 2.49 bits per heavy atom. The Bertz CT molecular complexity index is 1700. The summed E-state index contributed by atoms with van der Waals surface area (Å²) in [5, 5.41) is 3.62. The Hall–Kier alpha value is -4.76. The number of fused-ring (bicyclic) bond motifs is 2. The summed E-state index contributed by atoms with van der Waals surface area (Å²) in [7, 11) is 3.23. The number of nitrogens with zero attached hydrogens (tertiary/aromatic N) is 1. The third-order valence-corrected chi connectivity index (χ3v) is 7.57. The first-order valence-electron chi connectivity index (χ1n) is 12.3. The number of ether oxygens (including phenoxy) is 4. The standard InChI is InChI=1S/C30H25N3O5S/c1-35-19-9-11-23(36-2)20(15-19)21-16-22(17-6-4-3-5-7-17)33-30-26(21)27(31)28(39-30)29(34)32-18-8-10-24-25(14-18)38-13-12-37-24/h3-11,14-16H,12-13,31H2,1-2H3,(H,32,34). The number of nitrogens with two attached hydrogens (primary N) is 1. The van der Waals surface area contributed by atoms with Crippen molar-refractivity contribution >= 4 is 38.8 Å². The highest BCUT2D eigenvalue weighted by Gasteiger charge is 2.24. The molecule has 3 heterocycles. The van der Waals surface area contributed by atoms with Gasteiger partial charge in [0.05, 0.1) is 25.6 Å². The molecule has 0 atom stereocenters. The summed E-state index contributed by atoms with van der Waals surface area (Å²) in [6.07, 6.45) is 0. The second kappa shape index (κ2) is 10.2. The topological polar surface area (TPSA) is 105 Å². The predicted molar refractivity (Wildman–Crippen MR) is 153 cm³/mol. The van der Waals surface area contributed by atoms with E-state index in [4.69, 9.17) is 29.7 Å². The van der Waals surface area contributed by atoms with Crippen LogP contribution in [0.4, 0.5) is 11.4 Å². The molecule has 0 unspecified atom stereocenters. The second-order valence-electron chi connectivity index (χ2n) is 8.82. The van der Waals surface area contributed by atoms with Gasteiger partial charge >= 0.3 is 0 Å². The van der Waals surface area contributed by atoms with Crippen molar-refractivity contribution in [1.29, 1.82) is 0 Å². The summed E-state index contributed by atoms with van der Waals surface area (Å²) in [5.74, 6) is 2.22. The Labute approximate surface area is 228 Å². The van der Waals surface area contributed by atoms with Crippen LogP contribution >= 0.6 is 11.3 Å². The third kappa shape index (κ3) is 4.57. The van der Waals surface area contributed by atoms with E-state index in [1.807, 2.05) is 54.6 Å². The van der Waals surface area contributed by atoms with Gasteiger partial charge in [0, 0.05) is 33.8 Å². The molecule has 196 valence electrons. The van der Waals surface area contributed by atoms with E-state index in [0.29, 0.717) is 62.7 Å². The van der Waals surface area contributed by atoms with Crippen molar-refractivity contribution in [3.05, 3.63) is 77.7 Å². The maximum atomic E-state index is 13.5. The molecule has 2 aromatic heterocycles. The summed E-state index contributed by atoms with van der Waals surface area (Å²) >= 11 is 1.24. The minimum absolute atomic E-state index is 0.336. The Morgan fingerprint density at radius 2 is 1.72 bits per heavy atom. The van der Waals surface area contributed by atoms with Crippen molar-refractivity contribution in [3.63, 3.8) is 0 Å². The van der Waals surface area contributed by atoms with Crippen LogP contribution in [0.25, 0.3) is 32.6 Å². The number of nitrogens with one attached hydrogen (secondary N) is 1. The first kappa shape index (κ1) is 24.6. The van der Waals surface area contributed by atoms with Gasteiger partial charge in [0.25, 0.3) is 5.91 Å². The Morgan fingerprint density at radius 1 is 0.923 bits per heavy atom. The number of hydrogen-bond donors (Lipinski definition) is 2. The molecule has 0 saturated carbocycles. The van der Waals surface area contributed by atoms with Crippen LogP contribution in [0.15, 0.2) is 72.8 Å². The number of hydrogen-bond acceptors (Lipinski definition) is 8. The highest BCUT2D eigenvalue weighted by Crippen LogP contribution is 2.45. The van der Waals surface area contributed by atoms with Crippen LogP contribution in [-0.4, -0.2) is 38.3 Å². The van der Waals surface area contributed by atoms with Crippen molar-refractivity contribution < 1.29 is 23.7 Å². The first-order valence-corrected chi connectivity index (χ1v) is 13.1. The highest BCUT2D eigenvalue weighted by atomic mass is 32.1. The molecule has 1 amide bonds. The summed E-state index contributed by atoms with van der Waals surface area (Å²) in [6, 6.07) is 22.7. The van der Waals surface area contributed by atoms with E-state index in [1.54, 1.807) is 32.4 Å². The monoisotopic (exact) mass is 539 g/mol. The van der Waals surface area contributed by atoms with Crippen molar-refractivity contribution in [2.45, 2.75) is 0 Å². The zero-order valence-electron chi connectivity index (χ0n) is 21.3. The number of thiophene rings is 1. The number of benzene rings is 3. The van der Waals surface area contributed by atoms with E-state index in [-0.39, 0.29) is 5.91 Å². The molecular formula is C30H25N3O5S. The zero-order chi connectivity index (χ0) is 26.9. The number of anilines is 2. The molecule has 3 aromatic carbocycles. The van der Waals surface area contributed by atoms with E-state index >= 15 is 0 Å². The van der Waals surface area contributed by atoms with Gasteiger partial charge in [-0.3, -0.25) is 4.79 Å². The van der Waals surface area contributed by atoms with Gasteiger partial charge in [0.1, 0.15) is 34.4 Å². The predicted octanol–water partition coefficient (Wildman–Crippen LogP) is 6.25. The fourth-order valence-corrected chi connectivity index (χ4v) is 5.61. The van der Waals surface area contributed by atoms with E-state index < -0.39 is 0 Å². The number of aromatic nitrogens is 1. The molecule has 0 spiro atoms. The SMILES string of the molecule is COc1ccc(OC)c(-c2cc(-c3ccccc3)nc3sc(C(=O)Nc4ccc5c(c4)OCCO5)c(N)c23)c1. The van der Waals surface area contributed by atoms with E-state index in [2.05, 4.69) is 5.32 Å². The molecule has 3 N–H and O–H groups in total. The summed E-state index contributed by atoms with van der Waals surface area (Å²) < 4.78 is 22.4. The van der Waals surface area contributed by atoms with Crippen LogP contribution in [0, 0.1) is 0 Å². The third-order valence-electron chi connectivity index (χ3n) is 6.47. The number of nitrogen functional groups attached to an aromatic ring is 1. The van der Waals surface area contributed by atoms with Crippen LogP contribution in [-0.2, 0) is 0 Å². The molecule has 8 nitrogen and oxygen atoms in total. The Balaban J connectivity index is 1.49. The number of pyridine rings is 1. The van der Waals surface area contributed by atoms with Gasteiger partial charge in [0.2, 0.25) is 0 Å². The van der Waals surface area contributed by atoms with Gasteiger partial charge < -0.3 is 30.0 Å². The molecule has 0 aliphatic carbocycles. The fraction of sp³-hybridized carbons (Fsp3) is 0.133. The molecule has 0 saturated heterocycles.